The molecule has 31 heavy (non-hydrogen) atoms. The first-order valence-corrected chi connectivity index (χ1v) is 9.98. The van der Waals surface area contributed by atoms with Gasteiger partial charge in [0, 0.05) is 24.0 Å². The summed E-state index contributed by atoms with van der Waals surface area (Å²) in [7, 11) is 1.59. The van der Waals surface area contributed by atoms with Gasteiger partial charge in [-0.15, -0.1) is 0 Å². The summed E-state index contributed by atoms with van der Waals surface area (Å²) in [6.45, 7) is 4.43. The third-order valence-corrected chi connectivity index (χ3v) is 4.78. The highest BCUT2D eigenvalue weighted by molar-refractivity contribution is 5.99. The van der Waals surface area contributed by atoms with Crippen molar-refractivity contribution in [3.05, 3.63) is 47.9 Å². The Morgan fingerprint density at radius 2 is 2.00 bits per heavy atom. The van der Waals surface area contributed by atoms with Gasteiger partial charge in [-0.1, -0.05) is 13.8 Å². The molecule has 0 aliphatic rings. The molecule has 3 aromatic rings. The van der Waals surface area contributed by atoms with Crippen molar-refractivity contribution in [2.45, 2.75) is 26.3 Å². The Balaban J connectivity index is 1.95. The Morgan fingerprint density at radius 3 is 2.65 bits per heavy atom. The predicted octanol–water partition coefficient (Wildman–Crippen LogP) is 3.41. The van der Waals surface area contributed by atoms with Gasteiger partial charge in [0.05, 0.1) is 30.1 Å². The first kappa shape index (κ1) is 22.2. The van der Waals surface area contributed by atoms with Crippen LogP contribution < -0.4 is 26.8 Å². The molecule has 6 N–H and O–H groups in total. The van der Waals surface area contributed by atoms with Gasteiger partial charge in [-0.2, -0.15) is 0 Å². The number of carbonyl (C=O) groups excluding carboxylic acids is 1. The molecular formula is C22H27FN6O2. The summed E-state index contributed by atoms with van der Waals surface area (Å²) in [5.74, 6) is -0.271. The number of primary amides is 1. The van der Waals surface area contributed by atoms with Crippen LogP contribution in [0.25, 0.3) is 10.9 Å². The maximum absolute atomic E-state index is 14.6. The fourth-order valence-electron chi connectivity index (χ4n) is 3.28. The van der Waals surface area contributed by atoms with E-state index in [0.29, 0.717) is 23.9 Å². The van der Waals surface area contributed by atoms with Crippen LogP contribution in [0.3, 0.4) is 0 Å². The van der Waals surface area contributed by atoms with E-state index in [4.69, 9.17) is 16.2 Å². The minimum Gasteiger partial charge on any atom is -0.497 e. The van der Waals surface area contributed by atoms with Crippen molar-refractivity contribution >= 4 is 34.1 Å². The third kappa shape index (κ3) is 5.37. The lowest BCUT2D eigenvalue weighted by Gasteiger charge is -2.21. The number of fused-ring (bicyclic) bond motifs is 1. The number of nitrogens with one attached hydrogen (secondary N) is 2. The Labute approximate surface area is 180 Å². The van der Waals surface area contributed by atoms with E-state index >= 15 is 0 Å². The monoisotopic (exact) mass is 426 g/mol. The summed E-state index contributed by atoms with van der Waals surface area (Å²) in [6.07, 6.45) is 2.34. The molecule has 2 heterocycles. The fourth-order valence-corrected chi connectivity index (χ4v) is 3.28. The Bertz CT molecular complexity index is 1090. The lowest BCUT2D eigenvalue weighted by molar-refractivity contribution is 0.100. The first-order chi connectivity index (χ1) is 14.8. The molecule has 1 atom stereocenters. The van der Waals surface area contributed by atoms with Crippen LogP contribution in [-0.2, 0) is 0 Å². The van der Waals surface area contributed by atoms with Crippen LogP contribution in [0.5, 0.6) is 5.75 Å². The van der Waals surface area contributed by atoms with E-state index in [-0.39, 0.29) is 23.2 Å². The SMILES string of the molecule is COc1ccc2cc(Nc3nc(N[C@@H](CN)CC(C)C)c(F)cc3C(N)=O)cnc2c1. The van der Waals surface area contributed by atoms with Gasteiger partial charge < -0.3 is 26.8 Å². The standard InChI is InChI=1S/C22H27FN6O2/c1-12(2)6-14(10-24)27-22-18(23)9-17(20(25)30)21(29-22)28-15-7-13-4-5-16(31-3)8-19(13)26-11-15/h4-5,7-9,11-12,14H,6,10,24H2,1-3H3,(H2,25,30)(H2,27,28,29)/t14-/m1/s1. The van der Waals surface area contributed by atoms with Gasteiger partial charge in [-0.25, -0.2) is 9.37 Å². The zero-order valence-corrected chi connectivity index (χ0v) is 17.8. The second kappa shape index (κ2) is 9.57. The number of nitrogens with two attached hydrogens (primary N) is 2. The lowest BCUT2D eigenvalue weighted by Crippen LogP contribution is -2.31. The van der Waals surface area contributed by atoms with E-state index in [9.17, 15) is 9.18 Å². The van der Waals surface area contributed by atoms with E-state index in [1.54, 1.807) is 13.3 Å². The van der Waals surface area contributed by atoms with Crippen molar-refractivity contribution in [3.63, 3.8) is 0 Å². The third-order valence-electron chi connectivity index (χ3n) is 4.78. The second-order valence-electron chi connectivity index (χ2n) is 7.69. The number of aromatic nitrogens is 2. The van der Waals surface area contributed by atoms with E-state index < -0.39 is 11.7 Å². The molecule has 3 rings (SSSR count). The lowest BCUT2D eigenvalue weighted by atomic mass is 10.0. The normalized spacial score (nSPS) is 12.1. The summed E-state index contributed by atoms with van der Waals surface area (Å²) >= 11 is 0. The first-order valence-electron chi connectivity index (χ1n) is 9.98. The van der Waals surface area contributed by atoms with Crippen LogP contribution in [-0.4, -0.2) is 35.6 Å². The van der Waals surface area contributed by atoms with E-state index in [1.165, 1.54) is 0 Å². The molecular weight excluding hydrogens is 399 g/mol. The maximum atomic E-state index is 14.6. The number of benzene rings is 1. The molecule has 8 nitrogen and oxygen atoms in total. The largest absolute Gasteiger partial charge is 0.497 e. The van der Waals surface area contributed by atoms with Gasteiger partial charge in [0.15, 0.2) is 11.6 Å². The molecule has 1 amide bonds. The highest BCUT2D eigenvalue weighted by atomic mass is 19.1. The summed E-state index contributed by atoms with van der Waals surface area (Å²) in [4.78, 5) is 20.6. The molecule has 2 aromatic heterocycles. The average Bonchev–Trinajstić information content (AvgIpc) is 2.74. The summed E-state index contributed by atoms with van der Waals surface area (Å²) < 4.78 is 19.8. The van der Waals surface area contributed by atoms with Crippen LogP contribution in [0.15, 0.2) is 36.5 Å². The molecule has 0 spiro atoms. The Hall–Kier alpha value is -3.46. The number of amides is 1. The smallest absolute Gasteiger partial charge is 0.252 e. The minimum atomic E-state index is -0.795. The number of rotatable bonds is 9. The van der Waals surface area contributed by atoms with E-state index in [0.717, 1.165) is 23.4 Å². The van der Waals surface area contributed by atoms with Gasteiger partial charge >= 0.3 is 0 Å². The minimum absolute atomic E-state index is 0.00193. The number of ether oxygens (including phenoxy) is 1. The molecule has 9 heteroatoms. The van der Waals surface area contributed by atoms with Crippen molar-refractivity contribution in [3.8, 4) is 5.75 Å². The van der Waals surface area contributed by atoms with Gasteiger partial charge in [0.25, 0.3) is 5.91 Å². The van der Waals surface area contributed by atoms with Crippen molar-refractivity contribution in [2.75, 3.05) is 24.3 Å². The van der Waals surface area contributed by atoms with Gasteiger partial charge in [-0.05, 0) is 36.6 Å². The molecule has 0 saturated heterocycles. The van der Waals surface area contributed by atoms with Crippen molar-refractivity contribution in [2.24, 2.45) is 17.4 Å². The van der Waals surface area contributed by atoms with E-state index in [2.05, 4.69) is 34.4 Å². The molecule has 0 aliphatic carbocycles. The van der Waals surface area contributed by atoms with Crippen molar-refractivity contribution in [1.82, 2.24) is 9.97 Å². The van der Waals surface area contributed by atoms with Crippen LogP contribution in [0, 0.1) is 11.7 Å². The Kier molecular flexibility index (Phi) is 6.86. The van der Waals surface area contributed by atoms with Crippen LogP contribution in [0.1, 0.15) is 30.6 Å². The Morgan fingerprint density at radius 1 is 1.23 bits per heavy atom. The van der Waals surface area contributed by atoms with Crippen molar-refractivity contribution < 1.29 is 13.9 Å². The number of methoxy groups -OCH3 is 1. The molecule has 0 unspecified atom stereocenters. The average molecular weight is 426 g/mol. The number of carbonyl (C=O) groups is 1. The molecule has 1 aromatic carbocycles. The topological polar surface area (TPSA) is 128 Å². The summed E-state index contributed by atoms with van der Waals surface area (Å²) in [5.41, 5.74) is 12.5. The number of anilines is 3. The molecule has 164 valence electrons. The molecule has 0 aliphatic heterocycles. The number of pyridine rings is 2. The zero-order chi connectivity index (χ0) is 22.5. The molecule has 0 fully saturated rings. The number of nitrogens with zero attached hydrogens (tertiary/aromatic N) is 2. The molecule has 0 radical (unpaired) electrons. The van der Waals surface area contributed by atoms with Crippen LogP contribution in [0.4, 0.5) is 21.7 Å². The number of halogens is 1. The number of hydrogen-bond donors (Lipinski definition) is 4. The van der Waals surface area contributed by atoms with Crippen molar-refractivity contribution in [1.29, 1.82) is 0 Å². The van der Waals surface area contributed by atoms with Gasteiger partial charge in [-0.3, -0.25) is 9.78 Å². The second-order valence-corrected chi connectivity index (χ2v) is 7.69. The maximum Gasteiger partial charge on any atom is 0.252 e. The van der Waals surface area contributed by atoms with Crippen LogP contribution >= 0.6 is 0 Å². The molecule has 0 saturated carbocycles. The fraction of sp³-hybridized carbons (Fsp3) is 0.318. The van der Waals surface area contributed by atoms with Gasteiger partial charge in [0.2, 0.25) is 0 Å². The quantitative estimate of drug-likeness (QED) is 0.413. The van der Waals surface area contributed by atoms with E-state index in [1.807, 2.05) is 24.3 Å². The highest BCUT2D eigenvalue weighted by Crippen LogP contribution is 2.27. The predicted molar refractivity (Wildman–Crippen MR) is 120 cm³/mol. The molecule has 0 bridgehead atoms. The highest BCUT2D eigenvalue weighted by Gasteiger charge is 2.19. The summed E-state index contributed by atoms with van der Waals surface area (Å²) in [5, 5.41) is 6.91. The van der Waals surface area contributed by atoms with Gasteiger partial charge in [0.1, 0.15) is 11.6 Å². The zero-order valence-electron chi connectivity index (χ0n) is 17.8. The number of hydrogen-bond acceptors (Lipinski definition) is 7. The summed E-state index contributed by atoms with van der Waals surface area (Å²) in [6, 6.07) is 8.25. The van der Waals surface area contributed by atoms with Crippen LogP contribution in [0.2, 0.25) is 0 Å².